The van der Waals surface area contributed by atoms with Crippen molar-refractivity contribution < 1.29 is 27.8 Å². The van der Waals surface area contributed by atoms with Crippen LogP contribution >= 0.6 is 11.6 Å². The molecule has 7 heteroatoms. The van der Waals surface area contributed by atoms with E-state index in [1.807, 2.05) is 0 Å². The van der Waals surface area contributed by atoms with Crippen LogP contribution in [0.1, 0.15) is 5.56 Å². The Labute approximate surface area is 142 Å². The third-order valence-electron chi connectivity index (χ3n) is 2.93. The number of alkyl halides is 2. The molecule has 0 radical (unpaired) electrons. The van der Waals surface area contributed by atoms with Crippen LogP contribution in [0.15, 0.2) is 48.5 Å². The molecule has 0 aliphatic carbocycles. The number of ether oxygens (including phenoxy) is 3. The van der Waals surface area contributed by atoms with E-state index in [2.05, 4.69) is 4.74 Å². The smallest absolute Gasteiger partial charge is 0.387 e. The molecule has 0 spiro atoms. The summed E-state index contributed by atoms with van der Waals surface area (Å²) in [5, 5.41) is 0.610. The summed E-state index contributed by atoms with van der Waals surface area (Å²) >= 11 is 5.76. The van der Waals surface area contributed by atoms with Crippen molar-refractivity contribution >= 4 is 17.6 Å². The minimum atomic E-state index is -2.87. The minimum Gasteiger partial charge on any atom is -0.490 e. The molecule has 0 amide bonds. The molecule has 0 aliphatic rings. The number of benzene rings is 2. The zero-order chi connectivity index (χ0) is 17.4. The van der Waals surface area contributed by atoms with Gasteiger partial charge >= 0.3 is 12.6 Å². The molecule has 0 unspecified atom stereocenters. The summed E-state index contributed by atoms with van der Waals surface area (Å²) in [5.41, 5.74) is 0.639. The lowest BCUT2D eigenvalue weighted by Crippen LogP contribution is -2.14. The molecule has 0 aromatic heterocycles. The predicted molar refractivity (Wildman–Crippen MR) is 84.7 cm³/mol. The molecule has 128 valence electrons. The molecule has 0 atom stereocenters. The first-order valence-electron chi connectivity index (χ1n) is 7.10. The van der Waals surface area contributed by atoms with Gasteiger partial charge in [0.05, 0.1) is 6.42 Å². The highest BCUT2D eigenvalue weighted by atomic mass is 35.5. The number of rotatable bonds is 8. The lowest BCUT2D eigenvalue weighted by molar-refractivity contribution is -0.143. The van der Waals surface area contributed by atoms with E-state index in [4.69, 9.17) is 21.1 Å². The summed E-state index contributed by atoms with van der Waals surface area (Å²) in [6.07, 6.45) is 0.0376. The van der Waals surface area contributed by atoms with Gasteiger partial charge in [0.15, 0.2) is 0 Å². The molecule has 0 heterocycles. The van der Waals surface area contributed by atoms with E-state index in [-0.39, 0.29) is 25.4 Å². The number of hydrogen-bond donors (Lipinski definition) is 0. The highest BCUT2D eigenvalue weighted by Crippen LogP contribution is 2.16. The lowest BCUT2D eigenvalue weighted by atomic mass is 10.1. The molecule has 0 aliphatic heterocycles. The zero-order valence-electron chi connectivity index (χ0n) is 12.6. The van der Waals surface area contributed by atoms with Crippen LogP contribution in [-0.2, 0) is 16.0 Å². The summed E-state index contributed by atoms with van der Waals surface area (Å²) in [4.78, 5) is 11.7. The number of hydrogen-bond acceptors (Lipinski definition) is 4. The third kappa shape index (κ3) is 6.42. The highest BCUT2D eigenvalue weighted by Gasteiger charge is 2.07. The Balaban J connectivity index is 1.68. The third-order valence-corrected chi connectivity index (χ3v) is 3.18. The van der Waals surface area contributed by atoms with Crippen molar-refractivity contribution in [1.29, 1.82) is 0 Å². The standard InChI is InChI=1S/C17H15ClF2O4/c18-13-3-7-14(8-4-13)22-9-10-23-16(21)11-12-1-5-15(6-2-12)24-17(19)20/h1-8,17H,9-11H2. The van der Waals surface area contributed by atoms with Gasteiger partial charge in [-0.05, 0) is 42.0 Å². The van der Waals surface area contributed by atoms with E-state index in [9.17, 15) is 13.6 Å². The SMILES string of the molecule is O=C(Cc1ccc(OC(F)F)cc1)OCCOc1ccc(Cl)cc1. The molecule has 0 saturated heterocycles. The Morgan fingerprint density at radius 2 is 1.58 bits per heavy atom. The summed E-state index contributed by atoms with van der Waals surface area (Å²) in [6, 6.07) is 12.6. The average Bonchev–Trinajstić information content (AvgIpc) is 2.55. The van der Waals surface area contributed by atoms with E-state index in [0.29, 0.717) is 16.3 Å². The summed E-state index contributed by atoms with van der Waals surface area (Å²) in [5.74, 6) is 0.237. The van der Waals surface area contributed by atoms with Gasteiger partial charge in [-0.1, -0.05) is 23.7 Å². The molecular weight excluding hydrogens is 342 g/mol. The van der Waals surface area contributed by atoms with Crippen molar-refractivity contribution in [3.63, 3.8) is 0 Å². The molecule has 2 aromatic rings. The van der Waals surface area contributed by atoms with Crippen molar-refractivity contribution in [2.75, 3.05) is 13.2 Å². The highest BCUT2D eigenvalue weighted by molar-refractivity contribution is 6.30. The Bertz CT molecular complexity index is 645. The van der Waals surface area contributed by atoms with Crippen LogP contribution in [0.3, 0.4) is 0 Å². The van der Waals surface area contributed by atoms with Crippen LogP contribution in [-0.4, -0.2) is 25.8 Å². The molecule has 0 bridgehead atoms. The van der Waals surface area contributed by atoms with Crippen LogP contribution in [0.2, 0.25) is 5.02 Å². The first kappa shape index (κ1) is 18.0. The van der Waals surface area contributed by atoms with Crippen molar-refractivity contribution in [2.45, 2.75) is 13.0 Å². The zero-order valence-corrected chi connectivity index (χ0v) is 13.3. The summed E-state index contributed by atoms with van der Waals surface area (Å²) < 4.78 is 38.7. The normalized spacial score (nSPS) is 10.5. The van der Waals surface area contributed by atoms with Gasteiger partial charge < -0.3 is 14.2 Å². The largest absolute Gasteiger partial charge is 0.490 e. The molecule has 2 rings (SSSR count). The second-order valence-corrected chi connectivity index (χ2v) is 5.16. The monoisotopic (exact) mass is 356 g/mol. The van der Waals surface area contributed by atoms with Crippen LogP contribution in [0.25, 0.3) is 0 Å². The molecule has 0 N–H and O–H groups in total. The Morgan fingerprint density at radius 3 is 2.21 bits per heavy atom. The van der Waals surface area contributed by atoms with Gasteiger partial charge in [-0.2, -0.15) is 8.78 Å². The fourth-order valence-corrected chi connectivity index (χ4v) is 1.98. The van der Waals surface area contributed by atoms with Crippen LogP contribution in [0.5, 0.6) is 11.5 Å². The quantitative estimate of drug-likeness (QED) is 0.527. The van der Waals surface area contributed by atoms with Crippen molar-refractivity contribution in [3.05, 3.63) is 59.1 Å². The molecule has 24 heavy (non-hydrogen) atoms. The predicted octanol–water partition coefficient (Wildman–Crippen LogP) is 4.11. The maximum Gasteiger partial charge on any atom is 0.387 e. The summed E-state index contributed by atoms with van der Waals surface area (Å²) in [7, 11) is 0. The van der Waals surface area contributed by atoms with Crippen molar-refractivity contribution in [1.82, 2.24) is 0 Å². The first-order valence-corrected chi connectivity index (χ1v) is 7.48. The van der Waals surface area contributed by atoms with Gasteiger partial charge in [0.1, 0.15) is 24.7 Å². The van der Waals surface area contributed by atoms with E-state index in [0.717, 1.165) is 0 Å². The average molecular weight is 357 g/mol. The Morgan fingerprint density at radius 1 is 0.958 bits per heavy atom. The topological polar surface area (TPSA) is 44.8 Å². The molecular formula is C17H15ClF2O4. The first-order chi connectivity index (χ1) is 11.5. The van der Waals surface area contributed by atoms with E-state index in [1.54, 1.807) is 24.3 Å². The maximum atomic E-state index is 12.0. The van der Waals surface area contributed by atoms with E-state index >= 15 is 0 Å². The summed E-state index contributed by atoms with van der Waals surface area (Å²) in [6.45, 7) is -2.55. The Kier molecular flexibility index (Phi) is 6.81. The van der Waals surface area contributed by atoms with Crippen LogP contribution in [0, 0.1) is 0 Å². The van der Waals surface area contributed by atoms with Gasteiger partial charge in [-0.3, -0.25) is 4.79 Å². The van der Waals surface area contributed by atoms with E-state index in [1.165, 1.54) is 24.3 Å². The van der Waals surface area contributed by atoms with Gasteiger partial charge in [-0.15, -0.1) is 0 Å². The fourth-order valence-electron chi connectivity index (χ4n) is 1.85. The fraction of sp³-hybridized carbons (Fsp3) is 0.235. The van der Waals surface area contributed by atoms with Crippen LogP contribution in [0.4, 0.5) is 8.78 Å². The van der Waals surface area contributed by atoms with Crippen molar-refractivity contribution in [2.24, 2.45) is 0 Å². The number of carbonyl (C=O) groups excluding carboxylic acids is 1. The lowest BCUT2D eigenvalue weighted by Gasteiger charge is -2.08. The Hall–Kier alpha value is -2.34. The molecule has 2 aromatic carbocycles. The minimum absolute atomic E-state index is 0.0376. The second-order valence-electron chi connectivity index (χ2n) is 4.72. The molecule has 0 saturated carbocycles. The number of halogens is 3. The van der Waals surface area contributed by atoms with Gasteiger partial charge in [-0.25, -0.2) is 0 Å². The molecule has 4 nitrogen and oxygen atoms in total. The van der Waals surface area contributed by atoms with Gasteiger partial charge in [0.2, 0.25) is 0 Å². The number of esters is 1. The molecule has 0 fully saturated rings. The second kappa shape index (κ2) is 9.08. The van der Waals surface area contributed by atoms with Gasteiger partial charge in [0.25, 0.3) is 0 Å². The number of carbonyl (C=O) groups is 1. The van der Waals surface area contributed by atoms with Crippen LogP contribution < -0.4 is 9.47 Å². The van der Waals surface area contributed by atoms with Crippen molar-refractivity contribution in [3.8, 4) is 11.5 Å². The van der Waals surface area contributed by atoms with E-state index < -0.39 is 12.6 Å². The van der Waals surface area contributed by atoms with Gasteiger partial charge in [0, 0.05) is 5.02 Å². The maximum absolute atomic E-state index is 12.0.